The van der Waals surface area contributed by atoms with Gasteiger partial charge in [0.1, 0.15) is 11.8 Å². The number of rotatable bonds is 7. The Morgan fingerprint density at radius 3 is 2.54 bits per heavy atom. The standard InChI is InChI=1S/C17H18N2O5/c1-11(17(22)23)19-15(20)9-18-16(21)10-24-14-8-4-6-12-5-2-3-7-13(12)14/h2-8,11H,9-10H2,1H3,(H,18,21)(H,19,20)(H,22,23)/t11-/m0/s1. The number of carboxylic acid groups (broad SMARTS) is 1. The lowest BCUT2D eigenvalue weighted by molar-refractivity contribution is -0.141. The molecule has 2 aromatic rings. The number of hydrogen-bond donors (Lipinski definition) is 3. The molecule has 7 heteroatoms. The van der Waals surface area contributed by atoms with E-state index in [0.29, 0.717) is 5.75 Å². The first-order valence-corrected chi connectivity index (χ1v) is 7.37. The van der Waals surface area contributed by atoms with Gasteiger partial charge in [-0.1, -0.05) is 36.4 Å². The minimum Gasteiger partial charge on any atom is -0.483 e. The first kappa shape index (κ1) is 17.3. The fourth-order valence-electron chi connectivity index (χ4n) is 2.05. The second-order valence-electron chi connectivity index (χ2n) is 5.17. The van der Waals surface area contributed by atoms with Crippen LogP contribution in [-0.4, -0.2) is 42.1 Å². The van der Waals surface area contributed by atoms with Gasteiger partial charge in [0.2, 0.25) is 5.91 Å². The Hall–Kier alpha value is -3.09. The number of carboxylic acids is 1. The quantitative estimate of drug-likeness (QED) is 0.700. The average Bonchev–Trinajstić information content (AvgIpc) is 2.57. The van der Waals surface area contributed by atoms with E-state index in [9.17, 15) is 14.4 Å². The first-order valence-electron chi connectivity index (χ1n) is 7.37. The second-order valence-corrected chi connectivity index (χ2v) is 5.17. The molecule has 2 rings (SSSR count). The molecule has 0 aromatic heterocycles. The van der Waals surface area contributed by atoms with Crippen LogP contribution in [0.2, 0.25) is 0 Å². The summed E-state index contributed by atoms with van der Waals surface area (Å²) in [7, 11) is 0. The predicted octanol–water partition coefficient (Wildman–Crippen LogP) is 0.924. The summed E-state index contributed by atoms with van der Waals surface area (Å²) in [4.78, 5) is 33.8. The van der Waals surface area contributed by atoms with Gasteiger partial charge in [-0.15, -0.1) is 0 Å². The Balaban J connectivity index is 1.83. The van der Waals surface area contributed by atoms with E-state index in [-0.39, 0.29) is 13.2 Å². The highest BCUT2D eigenvalue weighted by Gasteiger charge is 2.14. The van der Waals surface area contributed by atoms with Crippen molar-refractivity contribution in [2.75, 3.05) is 13.2 Å². The molecule has 126 valence electrons. The zero-order chi connectivity index (χ0) is 17.5. The third kappa shape index (κ3) is 4.70. The third-order valence-electron chi connectivity index (χ3n) is 3.30. The number of benzene rings is 2. The van der Waals surface area contributed by atoms with E-state index in [1.54, 1.807) is 6.07 Å². The van der Waals surface area contributed by atoms with Crippen LogP contribution >= 0.6 is 0 Å². The summed E-state index contributed by atoms with van der Waals surface area (Å²) in [5.74, 6) is -1.62. The lowest BCUT2D eigenvalue weighted by Gasteiger charge is -2.11. The van der Waals surface area contributed by atoms with Crippen LogP contribution in [0.3, 0.4) is 0 Å². The number of fused-ring (bicyclic) bond motifs is 1. The smallest absolute Gasteiger partial charge is 0.325 e. The molecule has 0 saturated carbocycles. The van der Waals surface area contributed by atoms with Crippen LogP contribution in [0.5, 0.6) is 5.75 Å². The number of carbonyl (C=O) groups excluding carboxylic acids is 2. The average molecular weight is 330 g/mol. The first-order chi connectivity index (χ1) is 11.5. The van der Waals surface area contributed by atoms with Gasteiger partial charge in [0.15, 0.2) is 6.61 Å². The molecule has 0 aliphatic heterocycles. The molecule has 0 aliphatic carbocycles. The monoisotopic (exact) mass is 330 g/mol. The van der Waals surface area contributed by atoms with Crippen LogP contribution in [0.4, 0.5) is 0 Å². The van der Waals surface area contributed by atoms with Crippen molar-refractivity contribution in [2.24, 2.45) is 0 Å². The second kappa shape index (κ2) is 7.96. The minimum absolute atomic E-state index is 0.240. The van der Waals surface area contributed by atoms with Crippen LogP contribution in [-0.2, 0) is 14.4 Å². The molecule has 0 fully saturated rings. The summed E-state index contributed by atoms with van der Waals surface area (Å²) < 4.78 is 5.49. The van der Waals surface area contributed by atoms with Gasteiger partial charge in [0, 0.05) is 5.39 Å². The maximum atomic E-state index is 11.7. The van der Waals surface area contributed by atoms with Crippen LogP contribution in [0.15, 0.2) is 42.5 Å². The molecule has 0 spiro atoms. The lowest BCUT2D eigenvalue weighted by atomic mass is 10.1. The lowest BCUT2D eigenvalue weighted by Crippen LogP contribution is -2.44. The third-order valence-corrected chi connectivity index (χ3v) is 3.30. The molecule has 1 atom stereocenters. The Morgan fingerprint density at radius 1 is 1.08 bits per heavy atom. The molecule has 0 heterocycles. The van der Waals surface area contributed by atoms with Gasteiger partial charge >= 0.3 is 5.97 Å². The summed E-state index contributed by atoms with van der Waals surface area (Å²) in [6.07, 6.45) is 0. The summed E-state index contributed by atoms with van der Waals surface area (Å²) in [6, 6.07) is 12.1. The van der Waals surface area contributed by atoms with Gasteiger partial charge in [-0.25, -0.2) is 0 Å². The number of amides is 2. The van der Waals surface area contributed by atoms with Gasteiger partial charge in [0.05, 0.1) is 6.54 Å². The van der Waals surface area contributed by atoms with Crippen LogP contribution < -0.4 is 15.4 Å². The Kier molecular flexibility index (Phi) is 5.73. The molecule has 24 heavy (non-hydrogen) atoms. The largest absolute Gasteiger partial charge is 0.483 e. The highest BCUT2D eigenvalue weighted by Crippen LogP contribution is 2.24. The molecular formula is C17H18N2O5. The van der Waals surface area contributed by atoms with E-state index in [1.165, 1.54) is 6.92 Å². The fraction of sp³-hybridized carbons (Fsp3) is 0.235. The highest BCUT2D eigenvalue weighted by molar-refractivity contribution is 5.90. The SMILES string of the molecule is C[C@H](NC(=O)CNC(=O)COc1cccc2ccccc12)C(=O)O. The number of ether oxygens (including phenoxy) is 1. The molecule has 0 radical (unpaired) electrons. The molecule has 2 amide bonds. The Labute approximate surface area is 138 Å². The van der Waals surface area contributed by atoms with Crippen molar-refractivity contribution in [3.05, 3.63) is 42.5 Å². The summed E-state index contributed by atoms with van der Waals surface area (Å²) >= 11 is 0. The number of nitrogens with one attached hydrogen (secondary N) is 2. The fourth-order valence-corrected chi connectivity index (χ4v) is 2.05. The van der Waals surface area contributed by atoms with Crippen LogP contribution in [0.25, 0.3) is 10.8 Å². The molecule has 0 saturated heterocycles. The van der Waals surface area contributed by atoms with E-state index in [1.807, 2.05) is 36.4 Å². The Bertz CT molecular complexity index is 754. The van der Waals surface area contributed by atoms with Gasteiger partial charge in [-0.05, 0) is 18.4 Å². The van der Waals surface area contributed by atoms with Crippen molar-refractivity contribution in [1.29, 1.82) is 0 Å². The van der Waals surface area contributed by atoms with E-state index in [2.05, 4.69) is 10.6 Å². The van der Waals surface area contributed by atoms with Crippen molar-refractivity contribution in [2.45, 2.75) is 13.0 Å². The van der Waals surface area contributed by atoms with Gasteiger partial charge in [-0.2, -0.15) is 0 Å². The molecule has 0 bridgehead atoms. The molecule has 7 nitrogen and oxygen atoms in total. The summed E-state index contributed by atoms with van der Waals surface area (Å²) in [6.45, 7) is 0.788. The molecular weight excluding hydrogens is 312 g/mol. The van der Waals surface area contributed by atoms with E-state index < -0.39 is 23.8 Å². The van der Waals surface area contributed by atoms with Crippen molar-refractivity contribution in [3.8, 4) is 5.75 Å². The van der Waals surface area contributed by atoms with Crippen LogP contribution in [0.1, 0.15) is 6.92 Å². The van der Waals surface area contributed by atoms with Crippen molar-refractivity contribution in [3.63, 3.8) is 0 Å². The molecule has 2 aromatic carbocycles. The predicted molar refractivity (Wildman–Crippen MR) is 87.7 cm³/mol. The maximum Gasteiger partial charge on any atom is 0.325 e. The van der Waals surface area contributed by atoms with E-state index >= 15 is 0 Å². The highest BCUT2D eigenvalue weighted by atomic mass is 16.5. The van der Waals surface area contributed by atoms with Crippen LogP contribution in [0, 0.1) is 0 Å². The molecule has 0 unspecified atom stereocenters. The molecule has 0 aliphatic rings. The van der Waals surface area contributed by atoms with Crippen molar-refractivity contribution in [1.82, 2.24) is 10.6 Å². The summed E-state index contributed by atoms with van der Waals surface area (Å²) in [5, 5.41) is 15.2. The maximum absolute atomic E-state index is 11.7. The number of carbonyl (C=O) groups is 3. The summed E-state index contributed by atoms with van der Waals surface area (Å²) in [5.41, 5.74) is 0. The normalized spacial score (nSPS) is 11.5. The van der Waals surface area contributed by atoms with Gasteiger partial charge < -0.3 is 20.5 Å². The number of aliphatic carboxylic acids is 1. The minimum atomic E-state index is -1.14. The van der Waals surface area contributed by atoms with Crippen molar-refractivity contribution >= 4 is 28.6 Å². The Morgan fingerprint density at radius 2 is 1.79 bits per heavy atom. The molecule has 3 N–H and O–H groups in total. The van der Waals surface area contributed by atoms with Gasteiger partial charge in [-0.3, -0.25) is 14.4 Å². The van der Waals surface area contributed by atoms with Crippen molar-refractivity contribution < 1.29 is 24.2 Å². The zero-order valence-corrected chi connectivity index (χ0v) is 13.1. The zero-order valence-electron chi connectivity index (χ0n) is 13.1. The van der Waals surface area contributed by atoms with E-state index in [0.717, 1.165) is 10.8 Å². The topological polar surface area (TPSA) is 105 Å². The van der Waals surface area contributed by atoms with Gasteiger partial charge in [0.25, 0.3) is 5.91 Å². The van der Waals surface area contributed by atoms with E-state index in [4.69, 9.17) is 9.84 Å². The number of hydrogen-bond acceptors (Lipinski definition) is 4.